The number of nitro groups is 1. The minimum absolute atomic E-state index is 0.0102. The fraction of sp³-hybridized carbons (Fsp3) is 0.200. The Hall–Kier alpha value is -2.27. The molecule has 0 aliphatic carbocycles. The van der Waals surface area contributed by atoms with Crippen LogP contribution in [-0.2, 0) is 6.42 Å². The molecule has 104 valence electrons. The Morgan fingerprint density at radius 3 is 2.65 bits per heavy atom. The summed E-state index contributed by atoms with van der Waals surface area (Å²) in [5, 5.41) is 11.0. The molecule has 0 saturated heterocycles. The molecule has 0 radical (unpaired) electrons. The number of hydrogen-bond donors (Lipinski definition) is 1. The van der Waals surface area contributed by atoms with E-state index in [0.717, 1.165) is 0 Å². The van der Waals surface area contributed by atoms with Gasteiger partial charge in [-0.3, -0.25) is 10.1 Å². The molecule has 2 aromatic carbocycles. The number of nitrogens with two attached hydrogens (primary N) is 1. The van der Waals surface area contributed by atoms with Gasteiger partial charge >= 0.3 is 0 Å². The van der Waals surface area contributed by atoms with Crippen LogP contribution in [0.15, 0.2) is 42.5 Å². The van der Waals surface area contributed by atoms with Crippen LogP contribution in [0.4, 0.5) is 10.1 Å². The van der Waals surface area contributed by atoms with E-state index < -0.39 is 11.0 Å². The van der Waals surface area contributed by atoms with Crippen molar-refractivity contribution in [3.63, 3.8) is 0 Å². The first-order valence-corrected chi connectivity index (χ1v) is 6.23. The molecule has 0 aliphatic rings. The highest BCUT2D eigenvalue weighted by Crippen LogP contribution is 2.25. The first kappa shape index (κ1) is 14.1. The van der Waals surface area contributed by atoms with Gasteiger partial charge in [0.15, 0.2) is 0 Å². The van der Waals surface area contributed by atoms with Gasteiger partial charge in [-0.05, 0) is 18.9 Å². The van der Waals surface area contributed by atoms with E-state index in [9.17, 15) is 14.5 Å². The number of halogens is 1. The molecule has 4 nitrogen and oxygen atoms in total. The predicted octanol–water partition coefficient (Wildman–Crippen LogP) is 3.28. The van der Waals surface area contributed by atoms with Gasteiger partial charge in [0.2, 0.25) is 0 Å². The highest BCUT2D eigenvalue weighted by Gasteiger charge is 2.18. The van der Waals surface area contributed by atoms with E-state index in [0.29, 0.717) is 16.7 Å². The Morgan fingerprint density at radius 2 is 1.95 bits per heavy atom. The first-order valence-electron chi connectivity index (χ1n) is 6.23. The normalized spacial score (nSPS) is 12.2. The molecule has 0 spiro atoms. The van der Waals surface area contributed by atoms with Gasteiger partial charge in [0.25, 0.3) is 5.69 Å². The molecule has 0 heterocycles. The number of benzene rings is 2. The highest BCUT2D eigenvalue weighted by atomic mass is 19.1. The molecule has 20 heavy (non-hydrogen) atoms. The second-order valence-corrected chi connectivity index (χ2v) is 4.67. The maximum atomic E-state index is 14.0. The van der Waals surface area contributed by atoms with Crippen molar-refractivity contribution in [2.75, 3.05) is 0 Å². The van der Waals surface area contributed by atoms with Gasteiger partial charge in [0, 0.05) is 23.2 Å². The van der Waals surface area contributed by atoms with E-state index in [1.165, 1.54) is 6.07 Å². The molecule has 0 bridgehead atoms. The number of aryl methyl sites for hydroxylation is 1. The lowest BCUT2D eigenvalue weighted by Crippen LogP contribution is -2.16. The third kappa shape index (κ3) is 2.83. The predicted molar refractivity (Wildman–Crippen MR) is 74.9 cm³/mol. The molecule has 0 aliphatic heterocycles. The zero-order valence-corrected chi connectivity index (χ0v) is 11.0. The summed E-state index contributed by atoms with van der Waals surface area (Å²) in [5.41, 5.74) is 7.41. The number of nitro benzene ring substituents is 1. The Balaban J connectivity index is 2.30. The Kier molecular flexibility index (Phi) is 4.10. The van der Waals surface area contributed by atoms with Crippen LogP contribution < -0.4 is 5.73 Å². The molecule has 0 amide bonds. The third-order valence-corrected chi connectivity index (χ3v) is 3.25. The summed E-state index contributed by atoms with van der Waals surface area (Å²) in [6.07, 6.45) is 0.220. The second-order valence-electron chi connectivity index (χ2n) is 4.67. The molecule has 2 N–H and O–H groups in total. The Labute approximate surface area is 116 Å². The number of nitrogens with zero attached hydrogens (tertiary/aromatic N) is 1. The highest BCUT2D eigenvalue weighted by molar-refractivity contribution is 5.41. The van der Waals surface area contributed by atoms with E-state index in [2.05, 4.69) is 0 Å². The smallest absolute Gasteiger partial charge is 0.272 e. The van der Waals surface area contributed by atoms with Crippen LogP contribution in [0.2, 0.25) is 0 Å². The maximum absolute atomic E-state index is 14.0. The second kappa shape index (κ2) is 5.79. The van der Waals surface area contributed by atoms with Crippen molar-refractivity contribution < 1.29 is 9.31 Å². The first-order chi connectivity index (χ1) is 9.50. The minimum atomic E-state index is -0.615. The molecule has 5 heteroatoms. The van der Waals surface area contributed by atoms with Crippen molar-refractivity contribution in [3.8, 4) is 0 Å². The van der Waals surface area contributed by atoms with Crippen LogP contribution in [0.1, 0.15) is 22.7 Å². The van der Waals surface area contributed by atoms with Crippen molar-refractivity contribution in [3.05, 3.63) is 75.1 Å². The maximum Gasteiger partial charge on any atom is 0.272 e. The van der Waals surface area contributed by atoms with E-state index in [1.54, 1.807) is 43.3 Å². The van der Waals surface area contributed by atoms with Crippen molar-refractivity contribution in [1.29, 1.82) is 0 Å². The molecule has 0 aromatic heterocycles. The van der Waals surface area contributed by atoms with Gasteiger partial charge in [-0.25, -0.2) is 4.39 Å². The molecule has 2 rings (SSSR count). The molecule has 1 atom stereocenters. The van der Waals surface area contributed by atoms with Gasteiger partial charge in [0.1, 0.15) is 5.82 Å². The van der Waals surface area contributed by atoms with Crippen molar-refractivity contribution in [2.24, 2.45) is 5.73 Å². The van der Waals surface area contributed by atoms with Crippen LogP contribution >= 0.6 is 0 Å². The fourth-order valence-electron chi connectivity index (χ4n) is 2.16. The van der Waals surface area contributed by atoms with Crippen LogP contribution in [0.3, 0.4) is 0 Å². The number of rotatable bonds is 4. The van der Waals surface area contributed by atoms with Crippen LogP contribution in [-0.4, -0.2) is 4.92 Å². The van der Waals surface area contributed by atoms with Gasteiger partial charge in [-0.15, -0.1) is 0 Å². The molecule has 1 unspecified atom stereocenters. The lowest BCUT2D eigenvalue weighted by molar-refractivity contribution is -0.385. The largest absolute Gasteiger partial charge is 0.324 e. The topological polar surface area (TPSA) is 69.2 Å². The van der Waals surface area contributed by atoms with E-state index in [4.69, 9.17) is 5.73 Å². The lowest BCUT2D eigenvalue weighted by atomic mass is 9.97. The average Bonchev–Trinajstić information content (AvgIpc) is 2.42. The van der Waals surface area contributed by atoms with Crippen LogP contribution in [0.25, 0.3) is 0 Å². The summed E-state index contributed by atoms with van der Waals surface area (Å²) in [5.74, 6) is -0.349. The van der Waals surface area contributed by atoms with Crippen molar-refractivity contribution >= 4 is 5.69 Å². The van der Waals surface area contributed by atoms with Gasteiger partial charge in [0.05, 0.1) is 4.92 Å². The van der Waals surface area contributed by atoms with Crippen molar-refractivity contribution in [2.45, 2.75) is 19.4 Å². The van der Waals surface area contributed by atoms with E-state index in [1.807, 2.05) is 0 Å². The number of para-hydroxylation sites is 1. The van der Waals surface area contributed by atoms with E-state index in [-0.39, 0.29) is 17.9 Å². The average molecular weight is 274 g/mol. The van der Waals surface area contributed by atoms with Crippen LogP contribution in [0.5, 0.6) is 0 Å². The lowest BCUT2D eigenvalue weighted by Gasteiger charge is -2.14. The van der Waals surface area contributed by atoms with Gasteiger partial charge in [-0.1, -0.05) is 36.4 Å². The summed E-state index contributed by atoms with van der Waals surface area (Å²) in [6, 6.07) is 10.8. The zero-order chi connectivity index (χ0) is 14.7. The van der Waals surface area contributed by atoms with Crippen LogP contribution in [0, 0.1) is 22.9 Å². The fourth-order valence-corrected chi connectivity index (χ4v) is 2.16. The standard InChI is InChI=1S/C15H15FN2O2/c1-10-5-4-7-12(15(10)16)13(17)9-11-6-2-3-8-14(11)18(19)20/h2-8,13H,9,17H2,1H3. The van der Waals surface area contributed by atoms with E-state index >= 15 is 0 Å². The number of hydrogen-bond acceptors (Lipinski definition) is 3. The molecular weight excluding hydrogens is 259 g/mol. The Morgan fingerprint density at radius 1 is 1.25 bits per heavy atom. The summed E-state index contributed by atoms with van der Waals surface area (Å²) < 4.78 is 14.0. The summed E-state index contributed by atoms with van der Waals surface area (Å²) >= 11 is 0. The monoisotopic (exact) mass is 274 g/mol. The molecule has 0 saturated carbocycles. The Bertz CT molecular complexity index is 644. The minimum Gasteiger partial charge on any atom is -0.324 e. The zero-order valence-electron chi connectivity index (χ0n) is 11.0. The van der Waals surface area contributed by atoms with Gasteiger partial charge in [-0.2, -0.15) is 0 Å². The molecular formula is C15H15FN2O2. The third-order valence-electron chi connectivity index (χ3n) is 3.25. The quantitative estimate of drug-likeness (QED) is 0.687. The summed E-state index contributed by atoms with van der Waals surface area (Å²) in [4.78, 5) is 10.5. The summed E-state index contributed by atoms with van der Waals surface area (Å²) in [7, 11) is 0. The SMILES string of the molecule is Cc1cccc(C(N)Cc2ccccc2[N+](=O)[O-])c1F. The molecule has 0 fully saturated rings. The van der Waals surface area contributed by atoms with Crippen molar-refractivity contribution in [1.82, 2.24) is 0 Å². The van der Waals surface area contributed by atoms with Gasteiger partial charge < -0.3 is 5.73 Å². The summed E-state index contributed by atoms with van der Waals surface area (Å²) in [6.45, 7) is 1.66. The molecule has 2 aromatic rings.